The molecular weight excluding hydrogens is 601 g/mol. The first-order chi connectivity index (χ1) is 21.2. The van der Waals surface area contributed by atoms with Crippen molar-refractivity contribution >= 4 is 33.0 Å². The number of hydrogen-bond donors (Lipinski definition) is 3. The summed E-state index contributed by atoms with van der Waals surface area (Å²) in [7, 11) is -4.23. The molecule has 1 unspecified atom stereocenters. The number of hydrogen-bond acceptors (Lipinski definition) is 4. The third-order valence-corrected chi connectivity index (χ3v) is 9.31. The molecule has 0 radical (unpaired) electrons. The Labute approximate surface area is 260 Å². The minimum Gasteiger partial charge on any atom is -0.361 e. The molecule has 5 rings (SSSR count). The Kier molecular flexibility index (Phi) is 8.86. The number of nitrogens with zero attached hydrogens (tertiary/aromatic N) is 1. The third kappa shape index (κ3) is 6.94. The van der Waals surface area contributed by atoms with E-state index < -0.39 is 33.7 Å². The molecule has 2 aliphatic carbocycles. The summed E-state index contributed by atoms with van der Waals surface area (Å²) in [6.07, 6.45) is -1.55. The maximum atomic E-state index is 14.0. The molecule has 11 heteroatoms. The maximum Gasteiger partial charge on any atom is 0.416 e. The smallest absolute Gasteiger partial charge is 0.361 e. The second-order valence-corrected chi connectivity index (χ2v) is 13.1. The van der Waals surface area contributed by atoms with Gasteiger partial charge in [-0.15, -0.1) is 0 Å². The van der Waals surface area contributed by atoms with Crippen LogP contribution in [-0.4, -0.2) is 31.6 Å². The van der Waals surface area contributed by atoms with Gasteiger partial charge in [-0.25, -0.2) is 13.8 Å². The van der Waals surface area contributed by atoms with Crippen LogP contribution in [0.15, 0.2) is 89.0 Å². The number of sulfonamides is 1. The number of rotatable bonds is 9. The van der Waals surface area contributed by atoms with Crippen LogP contribution in [0.5, 0.6) is 0 Å². The van der Waals surface area contributed by atoms with Crippen molar-refractivity contribution in [2.75, 3.05) is 0 Å². The highest BCUT2D eigenvalue weighted by molar-refractivity contribution is 7.89. The number of carbonyl (C=O) groups excluding carboxylic acids is 1. The number of H-pyrrole nitrogens is 1. The predicted octanol–water partition coefficient (Wildman–Crippen LogP) is 7.07. The van der Waals surface area contributed by atoms with E-state index in [-0.39, 0.29) is 17.2 Å². The number of hydrazone groups is 1. The van der Waals surface area contributed by atoms with Crippen molar-refractivity contribution in [3.05, 3.63) is 112 Å². The van der Waals surface area contributed by atoms with Crippen LogP contribution in [0.1, 0.15) is 53.1 Å². The van der Waals surface area contributed by atoms with Crippen LogP contribution < -0.4 is 10.1 Å². The van der Waals surface area contributed by atoms with Gasteiger partial charge < -0.3 is 4.98 Å². The van der Waals surface area contributed by atoms with Crippen molar-refractivity contribution < 1.29 is 26.4 Å². The Morgan fingerprint density at radius 1 is 0.978 bits per heavy atom. The first kappa shape index (κ1) is 31.9. The average Bonchev–Trinajstić information content (AvgIpc) is 3.49. The van der Waals surface area contributed by atoms with Crippen LogP contribution in [0.3, 0.4) is 0 Å². The lowest BCUT2D eigenvalue weighted by Crippen LogP contribution is -2.46. The second-order valence-electron chi connectivity index (χ2n) is 11.4. The molecule has 3 N–H and O–H groups in total. The number of halogens is 3. The number of nitrogens with one attached hydrogen (secondary N) is 3. The number of alkyl halides is 3. The van der Waals surface area contributed by atoms with Gasteiger partial charge >= 0.3 is 6.18 Å². The van der Waals surface area contributed by atoms with Crippen molar-refractivity contribution in [1.82, 2.24) is 15.1 Å². The highest BCUT2D eigenvalue weighted by Crippen LogP contribution is 2.38. The Morgan fingerprint density at radius 3 is 2.38 bits per heavy atom. The zero-order valence-electron chi connectivity index (χ0n) is 25.2. The van der Waals surface area contributed by atoms with E-state index in [1.165, 1.54) is 18.3 Å². The molecule has 1 amide bonds. The van der Waals surface area contributed by atoms with Gasteiger partial charge in [0.2, 0.25) is 10.0 Å². The molecule has 2 aromatic carbocycles. The molecule has 0 spiro atoms. The molecule has 1 aromatic heterocycles. The molecule has 2 aliphatic rings. The molecule has 0 saturated heterocycles. The van der Waals surface area contributed by atoms with Crippen LogP contribution >= 0.6 is 0 Å². The molecule has 1 heterocycles. The van der Waals surface area contributed by atoms with E-state index in [0.717, 1.165) is 45.3 Å². The minimum absolute atomic E-state index is 0.00670. The number of aromatic nitrogens is 1. The Balaban J connectivity index is 1.46. The topological polar surface area (TPSA) is 103 Å². The van der Waals surface area contributed by atoms with Gasteiger partial charge in [-0.3, -0.25) is 4.79 Å². The van der Waals surface area contributed by atoms with Crippen LogP contribution in [0.2, 0.25) is 0 Å². The summed E-state index contributed by atoms with van der Waals surface area (Å²) in [5.41, 5.74) is 7.47. The van der Waals surface area contributed by atoms with Crippen LogP contribution in [0, 0.1) is 13.8 Å². The van der Waals surface area contributed by atoms with Gasteiger partial charge in [-0.1, -0.05) is 62.4 Å². The Hall–Kier alpha value is -4.48. The molecule has 0 aliphatic heterocycles. The summed E-state index contributed by atoms with van der Waals surface area (Å²) in [5.74, 6) is -0.496. The van der Waals surface area contributed by atoms with Gasteiger partial charge in [-0.05, 0) is 83.8 Å². The van der Waals surface area contributed by atoms with E-state index in [0.29, 0.717) is 16.7 Å². The zero-order valence-corrected chi connectivity index (χ0v) is 26.0. The van der Waals surface area contributed by atoms with Gasteiger partial charge in [0.1, 0.15) is 6.04 Å². The maximum absolute atomic E-state index is 14.0. The lowest BCUT2D eigenvalue weighted by molar-refractivity contribution is -0.137. The predicted molar refractivity (Wildman–Crippen MR) is 170 cm³/mol. The summed E-state index contributed by atoms with van der Waals surface area (Å²) in [6.45, 7) is 7.86. The fourth-order valence-electron chi connectivity index (χ4n) is 5.33. The number of carbonyl (C=O) groups is 1. The van der Waals surface area contributed by atoms with Gasteiger partial charge in [0, 0.05) is 22.7 Å². The summed E-state index contributed by atoms with van der Waals surface area (Å²) >= 11 is 0. The second kappa shape index (κ2) is 12.5. The van der Waals surface area contributed by atoms with E-state index >= 15 is 0 Å². The van der Waals surface area contributed by atoms with Gasteiger partial charge in [-0.2, -0.15) is 23.0 Å². The first-order valence-electron chi connectivity index (χ1n) is 14.4. The summed E-state index contributed by atoms with van der Waals surface area (Å²) < 4.78 is 69.4. The first-order valence-corrected chi connectivity index (χ1v) is 15.8. The number of aryl methyl sites for hydroxylation is 2. The molecule has 3 aromatic rings. The van der Waals surface area contributed by atoms with Crippen molar-refractivity contribution in [1.29, 1.82) is 0 Å². The standard InChI is InChI=1S/C34H33F3N4O3S/c1-20(2)24-12-9-21(3)32-28(16-24)22(4)15-31(32)45(43,44)41-30(17-25-19-38-29-8-6-5-7-27(25)29)33(42)40-39-18-23-10-13-26(14-11-23)34(35,36)37/h5-16,18-20,30,38,41H,17H2,1-4H3,(H,40,42)/b39-18+. The van der Waals surface area contributed by atoms with Crippen molar-refractivity contribution in [2.24, 2.45) is 5.10 Å². The van der Waals surface area contributed by atoms with E-state index in [4.69, 9.17) is 0 Å². The molecule has 0 fully saturated rings. The third-order valence-electron chi connectivity index (χ3n) is 7.81. The SMILES string of the molecule is Cc1cc(S(=O)(=O)NC(Cc2c[nH]c3ccccc23)C(=O)N/N=C/c2ccc(C(F)(F)F)cc2)c2c(C)ccc(C(C)C)cc1-2. The van der Waals surface area contributed by atoms with Gasteiger partial charge in [0.25, 0.3) is 5.91 Å². The summed E-state index contributed by atoms with van der Waals surface area (Å²) in [5, 5.41) is 4.74. The molecule has 7 nitrogen and oxygen atoms in total. The lowest BCUT2D eigenvalue weighted by atomic mass is 10.0. The lowest BCUT2D eigenvalue weighted by Gasteiger charge is -2.18. The van der Waals surface area contributed by atoms with Crippen molar-refractivity contribution in [2.45, 2.75) is 57.1 Å². The van der Waals surface area contributed by atoms with E-state index in [1.54, 1.807) is 12.3 Å². The van der Waals surface area contributed by atoms with Crippen molar-refractivity contribution in [3.63, 3.8) is 0 Å². The quantitative estimate of drug-likeness (QED) is 0.119. The number of amides is 1. The van der Waals surface area contributed by atoms with Gasteiger partial charge in [0.05, 0.1) is 16.7 Å². The fourth-order valence-corrected chi connectivity index (χ4v) is 6.89. The van der Waals surface area contributed by atoms with E-state index in [9.17, 15) is 26.4 Å². The highest BCUT2D eigenvalue weighted by Gasteiger charge is 2.32. The van der Waals surface area contributed by atoms with Crippen LogP contribution in [0.4, 0.5) is 13.2 Å². The number of benzene rings is 2. The molecule has 0 bridgehead atoms. The van der Waals surface area contributed by atoms with Gasteiger partial charge in [0.15, 0.2) is 0 Å². The molecular formula is C34H33F3N4O3S. The van der Waals surface area contributed by atoms with Crippen LogP contribution in [0.25, 0.3) is 22.0 Å². The van der Waals surface area contributed by atoms with E-state index in [1.807, 2.05) is 56.3 Å². The van der Waals surface area contributed by atoms with Crippen molar-refractivity contribution in [3.8, 4) is 11.1 Å². The van der Waals surface area contributed by atoms with E-state index in [2.05, 4.69) is 34.1 Å². The fraction of sp³-hybridized carbons (Fsp3) is 0.235. The largest absolute Gasteiger partial charge is 0.416 e. The number of para-hydroxylation sites is 1. The monoisotopic (exact) mass is 634 g/mol. The number of fused-ring (bicyclic) bond motifs is 2. The molecule has 0 saturated carbocycles. The average molecular weight is 635 g/mol. The highest BCUT2D eigenvalue weighted by atomic mass is 32.2. The Morgan fingerprint density at radius 2 is 1.69 bits per heavy atom. The van der Waals surface area contributed by atoms with Crippen LogP contribution in [-0.2, 0) is 27.4 Å². The zero-order chi connectivity index (χ0) is 32.5. The normalized spacial score (nSPS) is 13.2. The Bertz CT molecular complexity index is 1960. The molecule has 45 heavy (non-hydrogen) atoms. The number of aromatic amines is 1. The molecule has 234 valence electrons. The summed E-state index contributed by atoms with van der Waals surface area (Å²) in [4.78, 5) is 16.7. The minimum atomic E-state index is -4.48. The summed E-state index contributed by atoms with van der Waals surface area (Å²) in [6, 6.07) is 18.0. The molecule has 1 atom stereocenters.